The minimum Gasteiger partial charge on any atom is -0.287 e. The Kier molecular flexibility index (Phi) is 3.24. The maximum absolute atomic E-state index is 11.5. The molecule has 0 radical (unpaired) electrons. The minimum atomic E-state index is -0.178. The van der Waals surface area contributed by atoms with Crippen molar-refractivity contribution in [3.63, 3.8) is 0 Å². The average Bonchev–Trinajstić information content (AvgIpc) is 2.80. The molecule has 1 aromatic rings. The van der Waals surface area contributed by atoms with Crippen molar-refractivity contribution in [1.29, 1.82) is 0 Å². The molecule has 2 rings (SSSR count). The van der Waals surface area contributed by atoms with Gasteiger partial charge in [0.2, 0.25) is 0 Å². The van der Waals surface area contributed by atoms with Crippen LogP contribution in [0.4, 0.5) is 0 Å². The van der Waals surface area contributed by atoms with Gasteiger partial charge in [0.25, 0.3) is 5.91 Å². The summed E-state index contributed by atoms with van der Waals surface area (Å²) in [4.78, 5) is 19.1. The van der Waals surface area contributed by atoms with Crippen LogP contribution in [0.3, 0.4) is 0 Å². The zero-order valence-corrected chi connectivity index (χ0v) is 8.44. The van der Waals surface area contributed by atoms with E-state index >= 15 is 0 Å². The lowest BCUT2D eigenvalue weighted by molar-refractivity contribution is 0.0924. The predicted octanol–water partition coefficient (Wildman–Crippen LogP) is 0.654. The van der Waals surface area contributed by atoms with Crippen LogP contribution < -0.4 is 10.9 Å². The third-order valence-electron chi connectivity index (χ3n) is 2.57. The fraction of sp³-hybridized carbons (Fsp3) is 0.500. The SMILES string of the molecule is O=C(NNC1CCCC1)c1cncnc1. The van der Waals surface area contributed by atoms with Crippen LogP contribution in [0.5, 0.6) is 0 Å². The fourth-order valence-electron chi connectivity index (χ4n) is 1.73. The molecule has 1 aromatic heterocycles. The highest BCUT2D eigenvalue weighted by Crippen LogP contribution is 2.16. The number of amides is 1. The molecule has 5 heteroatoms. The molecule has 1 amide bonds. The van der Waals surface area contributed by atoms with Gasteiger partial charge >= 0.3 is 0 Å². The Hall–Kier alpha value is -1.49. The normalized spacial score (nSPS) is 16.5. The maximum atomic E-state index is 11.5. The number of nitrogens with one attached hydrogen (secondary N) is 2. The number of hydrogen-bond acceptors (Lipinski definition) is 4. The lowest BCUT2D eigenvalue weighted by atomic mass is 10.3. The molecule has 0 unspecified atom stereocenters. The molecule has 0 aromatic carbocycles. The van der Waals surface area contributed by atoms with Gasteiger partial charge in [0.1, 0.15) is 6.33 Å². The molecule has 0 saturated heterocycles. The van der Waals surface area contributed by atoms with Crippen molar-refractivity contribution in [1.82, 2.24) is 20.8 Å². The Labute approximate surface area is 88.3 Å². The lowest BCUT2D eigenvalue weighted by Crippen LogP contribution is -2.43. The van der Waals surface area contributed by atoms with Crippen molar-refractivity contribution in [2.75, 3.05) is 0 Å². The van der Waals surface area contributed by atoms with Crippen molar-refractivity contribution in [2.24, 2.45) is 0 Å². The van der Waals surface area contributed by atoms with Gasteiger partial charge in [-0.3, -0.25) is 10.2 Å². The molecular formula is C10H14N4O. The Balaban J connectivity index is 1.82. The van der Waals surface area contributed by atoms with E-state index in [0.717, 1.165) is 12.8 Å². The second-order valence-corrected chi connectivity index (χ2v) is 3.71. The number of carbonyl (C=O) groups is 1. The Morgan fingerprint density at radius 3 is 2.60 bits per heavy atom. The van der Waals surface area contributed by atoms with E-state index in [1.165, 1.54) is 31.6 Å². The zero-order chi connectivity index (χ0) is 10.5. The van der Waals surface area contributed by atoms with Crippen LogP contribution in [0.2, 0.25) is 0 Å². The number of nitrogens with zero attached hydrogens (tertiary/aromatic N) is 2. The van der Waals surface area contributed by atoms with Crippen LogP contribution in [0.25, 0.3) is 0 Å². The topological polar surface area (TPSA) is 66.9 Å². The Morgan fingerprint density at radius 1 is 1.27 bits per heavy atom. The standard InChI is InChI=1S/C10H14N4O/c15-10(8-5-11-7-12-6-8)14-13-9-3-1-2-4-9/h5-7,9,13H,1-4H2,(H,14,15). The largest absolute Gasteiger partial charge is 0.287 e. The molecule has 1 aliphatic carbocycles. The smallest absolute Gasteiger partial charge is 0.268 e. The second kappa shape index (κ2) is 4.84. The molecule has 80 valence electrons. The van der Waals surface area contributed by atoms with E-state index in [0.29, 0.717) is 11.6 Å². The number of carbonyl (C=O) groups excluding carboxylic acids is 1. The highest BCUT2D eigenvalue weighted by Gasteiger charge is 2.15. The van der Waals surface area contributed by atoms with Gasteiger partial charge in [-0.15, -0.1) is 0 Å². The summed E-state index contributed by atoms with van der Waals surface area (Å²) in [5.74, 6) is -0.178. The van der Waals surface area contributed by atoms with E-state index < -0.39 is 0 Å². The van der Waals surface area contributed by atoms with Crippen molar-refractivity contribution >= 4 is 5.91 Å². The van der Waals surface area contributed by atoms with E-state index in [1.54, 1.807) is 0 Å². The third kappa shape index (κ3) is 2.73. The summed E-state index contributed by atoms with van der Waals surface area (Å²) in [6.07, 6.45) is 9.14. The second-order valence-electron chi connectivity index (χ2n) is 3.71. The molecule has 0 atom stereocenters. The van der Waals surface area contributed by atoms with Crippen LogP contribution in [0, 0.1) is 0 Å². The van der Waals surface area contributed by atoms with Crippen molar-refractivity contribution in [3.05, 3.63) is 24.3 Å². The Bertz CT molecular complexity index is 321. The maximum Gasteiger partial charge on any atom is 0.268 e. The van der Waals surface area contributed by atoms with Gasteiger partial charge in [0.05, 0.1) is 5.56 Å². The van der Waals surface area contributed by atoms with E-state index in [4.69, 9.17) is 0 Å². The first-order valence-electron chi connectivity index (χ1n) is 5.17. The zero-order valence-electron chi connectivity index (χ0n) is 8.44. The Morgan fingerprint density at radius 2 is 1.93 bits per heavy atom. The highest BCUT2D eigenvalue weighted by atomic mass is 16.2. The van der Waals surface area contributed by atoms with E-state index in [-0.39, 0.29) is 5.91 Å². The number of hydrogen-bond donors (Lipinski definition) is 2. The van der Waals surface area contributed by atoms with Crippen LogP contribution in [0.1, 0.15) is 36.0 Å². The molecule has 5 nitrogen and oxygen atoms in total. The third-order valence-corrected chi connectivity index (χ3v) is 2.57. The van der Waals surface area contributed by atoms with Gasteiger partial charge < -0.3 is 0 Å². The minimum absolute atomic E-state index is 0.178. The first kappa shape index (κ1) is 10.0. The lowest BCUT2D eigenvalue weighted by Gasteiger charge is -2.12. The first-order chi connectivity index (χ1) is 7.36. The average molecular weight is 206 g/mol. The molecule has 1 saturated carbocycles. The summed E-state index contributed by atoms with van der Waals surface area (Å²) in [5, 5.41) is 0. The highest BCUT2D eigenvalue weighted by molar-refractivity contribution is 5.93. The quantitative estimate of drug-likeness (QED) is 0.713. The van der Waals surface area contributed by atoms with Gasteiger partial charge in [0, 0.05) is 18.4 Å². The molecule has 0 aliphatic heterocycles. The molecule has 1 aliphatic rings. The van der Waals surface area contributed by atoms with E-state index in [1.807, 2.05) is 0 Å². The number of aromatic nitrogens is 2. The fourth-order valence-corrected chi connectivity index (χ4v) is 1.73. The van der Waals surface area contributed by atoms with Crippen molar-refractivity contribution in [3.8, 4) is 0 Å². The van der Waals surface area contributed by atoms with Gasteiger partial charge in [-0.05, 0) is 12.8 Å². The van der Waals surface area contributed by atoms with E-state index in [2.05, 4.69) is 20.8 Å². The monoisotopic (exact) mass is 206 g/mol. The van der Waals surface area contributed by atoms with Gasteiger partial charge in [-0.1, -0.05) is 12.8 Å². The predicted molar refractivity (Wildman–Crippen MR) is 54.9 cm³/mol. The summed E-state index contributed by atoms with van der Waals surface area (Å²) in [6, 6.07) is 0.415. The summed E-state index contributed by atoms with van der Waals surface area (Å²) in [5.41, 5.74) is 6.17. The van der Waals surface area contributed by atoms with Crippen LogP contribution >= 0.6 is 0 Å². The molecule has 0 bridgehead atoms. The molecule has 15 heavy (non-hydrogen) atoms. The number of rotatable bonds is 3. The van der Waals surface area contributed by atoms with Crippen LogP contribution in [-0.2, 0) is 0 Å². The summed E-state index contributed by atoms with van der Waals surface area (Å²) < 4.78 is 0. The van der Waals surface area contributed by atoms with Crippen molar-refractivity contribution in [2.45, 2.75) is 31.7 Å². The van der Waals surface area contributed by atoms with E-state index in [9.17, 15) is 4.79 Å². The van der Waals surface area contributed by atoms with Gasteiger partial charge in [-0.25, -0.2) is 15.4 Å². The summed E-state index contributed by atoms with van der Waals surface area (Å²) in [6.45, 7) is 0. The molecule has 0 spiro atoms. The van der Waals surface area contributed by atoms with Crippen molar-refractivity contribution < 1.29 is 4.79 Å². The first-order valence-corrected chi connectivity index (χ1v) is 5.17. The molecule has 2 N–H and O–H groups in total. The van der Waals surface area contributed by atoms with Gasteiger partial charge in [0.15, 0.2) is 0 Å². The molecule has 1 fully saturated rings. The molecular weight excluding hydrogens is 192 g/mol. The van der Waals surface area contributed by atoms with Crippen LogP contribution in [-0.4, -0.2) is 21.9 Å². The van der Waals surface area contributed by atoms with Gasteiger partial charge in [-0.2, -0.15) is 0 Å². The number of hydrazine groups is 1. The van der Waals surface area contributed by atoms with Crippen LogP contribution in [0.15, 0.2) is 18.7 Å². The summed E-state index contributed by atoms with van der Waals surface area (Å²) >= 11 is 0. The summed E-state index contributed by atoms with van der Waals surface area (Å²) in [7, 11) is 0. The molecule has 1 heterocycles.